The molecule has 0 N–H and O–H groups in total. The number of piperidine rings is 1. The number of rotatable bonds is 8. The van der Waals surface area contributed by atoms with E-state index < -0.39 is 0 Å². The Morgan fingerprint density at radius 2 is 1.62 bits per heavy atom. The lowest BCUT2D eigenvalue weighted by atomic mass is 9.99. The number of fused-ring (bicyclic) bond motifs is 1. The lowest BCUT2D eigenvalue weighted by Crippen LogP contribution is -2.47. The van der Waals surface area contributed by atoms with Crippen molar-refractivity contribution in [2.75, 3.05) is 69.8 Å². The second-order valence-electron chi connectivity index (χ2n) is 10.8. The molecular weight excluding hydrogens is 502 g/mol. The molecule has 2 fully saturated rings. The van der Waals surface area contributed by atoms with Crippen LogP contribution in [0.4, 0.5) is 11.8 Å². The fourth-order valence-electron chi connectivity index (χ4n) is 5.74. The van der Waals surface area contributed by atoms with Gasteiger partial charge in [0.2, 0.25) is 5.95 Å². The number of likely N-dealkylation sites (tertiary alicyclic amines) is 1. The number of hydrogen-bond donors (Lipinski definition) is 0. The van der Waals surface area contributed by atoms with Gasteiger partial charge in [0.25, 0.3) is 0 Å². The van der Waals surface area contributed by atoms with Gasteiger partial charge in [-0.1, -0.05) is 30.3 Å². The minimum Gasteiger partial charge on any atom is -0.493 e. The fourth-order valence-corrected chi connectivity index (χ4v) is 5.74. The first-order valence-corrected chi connectivity index (χ1v) is 14.1. The predicted octanol–water partition coefficient (Wildman–Crippen LogP) is 4.07. The molecule has 0 saturated carbocycles. The smallest absolute Gasteiger partial charge is 0.225 e. The molecule has 4 aromatic rings. The lowest BCUT2D eigenvalue weighted by Gasteiger charge is -2.35. The normalized spacial score (nSPS) is 18.2. The van der Waals surface area contributed by atoms with Crippen molar-refractivity contribution in [3.63, 3.8) is 0 Å². The van der Waals surface area contributed by atoms with Gasteiger partial charge in [-0.25, -0.2) is 19.9 Å². The van der Waals surface area contributed by atoms with Crippen LogP contribution in [0.2, 0.25) is 0 Å². The Morgan fingerprint density at radius 1 is 0.850 bits per heavy atom. The molecule has 0 radical (unpaired) electrons. The number of hydrogen-bond acceptors (Lipinski definition) is 9. The molecule has 2 saturated heterocycles. The van der Waals surface area contributed by atoms with E-state index in [2.05, 4.69) is 67.0 Å². The summed E-state index contributed by atoms with van der Waals surface area (Å²) in [7, 11) is 3.86. The average molecular weight is 540 g/mol. The molecule has 0 amide bonds. The summed E-state index contributed by atoms with van der Waals surface area (Å²) in [6.45, 7) is 6.17. The minimum atomic E-state index is 0.522. The van der Waals surface area contributed by atoms with Crippen molar-refractivity contribution < 1.29 is 9.47 Å². The van der Waals surface area contributed by atoms with E-state index in [0.717, 1.165) is 79.7 Å². The van der Waals surface area contributed by atoms with Crippen LogP contribution in [0.1, 0.15) is 24.0 Å². The van der Waals surface area contributed by atoms with E-state index in [1.54, 1.807) is 13.4 Å². The van der Waals surface area contributed by atoms with Crippen LogP contribution in [0.25, 0.3) is 10.9 Å². The van der Waals surface area contributed by atoms with E-state index >= 15 is 0 Å². The van der Waals surface area contributed by atoms with Crippen molar-refractivity contribution in [2.45, 2.75) is 19.3 Å². The standard InChI is InChI=1S/C31H37N7O2/c1-36-10-6-9-24(20-36)21-40-29-16-26-27(17-28(29)39-2)34-22-35-30(26)37-11-13-38(14-12-37)31-32-18-25(19-33-31)15-23-7-4-3-5-8-23/h3-5,7-8,16-19,22,24H,6,9-15,20-21H2,1-2H3. The van der Waals surface area contributed by atoms with Crippen LogP contribution in [0.3, 0.4) is 0 Å². The molecular formula is C31H37N7O2. The summed E-state index contributed by atoms with van der Waals surface area (Å²) in [6.07, 6.45) is 8.77. The van der Waals surface area contributed by atoms with Crippen LogP contribution in [-0.2, 0) is 6.42 Å². The maximum absolute atomic E-state index is 6.34. The van der Waals surface area contributed by atoms with Gasteiger partial charge in [-0.15, -0.1) is 0 Å². The van der Waals surface area contributed by atoms with E-state index in [1.165, 1.54) is 18.4 Å². The summed E-state index contributed by atoms with van der Waals surface area (Å²) in [4.78, 5) is 25.5. The van der Waals surface area contributed by atoms with Gasteiger partial charge in [0.15, 0.2) is 11.5 Å². The molecule has 0 bridgehead atoms. The summed E-state index contributed by atoms with van der Waals surface area (Å²) >= 11 is 0. The van der Waals surface area contributed by atoms with E-state index in [4.69, 9.17) is 14.5 Å². The lowest BCUT2D eigenvalue weighted by molar-refractivity contribution is 0.148. The Labute approximate surface area is 235 Å². The van der Waals surface area contributed by atoms with Gasteiger partial charge in [-0.05, 0) is 43.6 Å². The Bertz CT molecular complexity index is 1410. The van der Waals surface area contributed by atoms with E-state index in [0.29, 0.717) is 18.3 Å². The van der Waals surface area contributed by atoms with Crippen molar-refractivity contribution in [3.05, 3.63) is 72.3 Å². The zero-order chi connectivity index (χ0) is 27.3. The van der Waals surface area contributed by atoms with E-state index in [9.17, 15) is 0 Å². The SMILES string of the molecule is COc1cc2ncnc(N3CCN(c4ncc(Cc5ccccc5)cn4)CC3)c2cc1OCC1CCCN(C)C1. The molecule has 0 spiro atoms. The predicted molar refractivity (Wildman–Crippen MR) is 158 cm³/mol. The largest absolute Gasteiger partial charge is 0.493 e. The van der Waals surface area contributed by atoms with E-state index in [-0.39, 0.29) is 0 Å². The number of methoxy groups -OCH3 is 1. The van der Waals surface area contributed by atoms with Crippen molar-refractivity contribution in [2.24, 2.45) is 5.92 Å². The molecule has 1 atom stereocenters. The topological polar surface area (TPSA) is 79.7 Å². The first kappa shape index (κ1) is 26.3. The molecule has 40 heavy (non-hydrogen) atoms. The Balaban J connectivity index is 1.13. The first-order valence-electron chi connectivity index (χ1n) is 14.1. The molecule has 2 aliphatic heterocycles. The molecule has 208 valence electrons. The third-order valence-corrected chi connectivity index (χ3v) is 7.90. The van der Waals surface area contributed by atoms with Crippen LogP contribution >= 0.6 is 0 Å². The fraction of sp³-hybridized carbons (Fsp3) is 0.419. The number of anilines is 2. The third kappa shape index (κ3) is 5.94. The summed E-state index contributed by atoms with van der Waals surface area (Å²) in [5.41, 5.74) is 3.23. The van der Waals surface area contributed by atoms with Crippen molar-refractivity contribution in [1.82, 2.24) is 24.8 Å². The summed E-state index contributed by atoms with van der Waals surface area (Å²) in [6, 6.07) is 14.4. The molecule has 2 aromatic carbocycles. The highest BCUT2D eigenvalue weighted by Crippen LogP contribution is 2.36. The molecule has 9 heteroatoms. The molecule has 2 aliphatic rings. The summed E-state index contributed by atoms with van der Waals surface area (Å²) < 4.78 is 12.0. The van der Waals surface area contributed by atoms with Gasteiger partial charge < -0.3 is 24.2 Å². The quantitative estimate of drug-likeness (QED) is 0.329. The third-order valence-electron chi connectivity index (χ3n) is 7.90. The number of piperazine rings is 1. The van der Waals surface area contributed by atoms with Gasteiger partial charge in [-0.2, -0.15) is 0 Å². The maximum atomic E-state index is 6.34. The highest BCUT2D eigenvalue weighted by Gasteiger charge is 2.23. The molecule has 4 heterocycles. The zero-order valence-electron chi connectivity index (χ0n) is 23.4. The van der Waals surface area contributed by atoms with Gasteiger partial charge in [-0.3, -0.25) is 0 Å². The van der Waals surface area contributed by atoms with Gasteiger partial charge in [0.05, 0.1) is 19.2 Å². The van der Waals surface area contributed by atoms with Crippen molar-refractivity contribution in [3.8, 4) is 11.5 Å². The second-order valence-corrected chi connectivity index (χ2v) is 10.8. The summed E-state index contributed by atoms with van der Waals surface area (Å²) in [5.74, 6) is 3.68. The average Bonchev–Trinajstić information content (AvgIpc) is 3.00. The molecule has 1 unspecified atom stereocenters. The highest BCUT2D eigenvalue weighted by molar-refractivity contribution is 5.92. The van der Waals surface area contributed by atoms with E-state index in [1.807, 2.05) is 24.5 Å². The number of nitrogens with zero attached hydrogens (tertiary/aromatic N) is 7. The van der Waals surface area contributed by atoms with Crippen LogP contribution in [0.5, 0.6) is 11.5 Å². The first-order chi connectivity index (χ1) is 19.7. The summed E-state index contributed by atoms with van der Waals surface area (Å²) in [5, 5.41) is 0.981. The van der Waals surface area contributed by atoms with Crippen molar-refractivity contribution >= 4 is 22.7 Å². The monoisotopic (exact) mass is 539 g/mol. The molecule has 0 aliphatic carbocycles. The number of benzene rings is 2. The highest BCUT2D eigenvalue weighted by atomic mass is 16.5. The molecule has 2 aromatic heterocycles. The van der Waals surface area contributed by atoms with Crippen LogP contribution < -0.4 is 19.3 Å². The number of aromatic nitrogens is 4. The second kappa shape index (κ2) is 12.0. The van der Waals surface area contributed by atoms with Crippen LogP contribution in [0, 0.1) is 5.92 Å². The Kier molecular flexibility index (Phi) is 7.90. The van der Waals surface area contributed by atoms with Gasteiger partial charge >= 0.3 is 0 Å². The minimum absolute atomic E-state index is 0.522. The Morgan fingerprint density at radius 3 is 2.38 bits per heavy atom. The molecule has 9 nitrogen and oxygen atoms in total. The Hall–Kier alpha value is -3.98. The van der Waals surface area contributed by atoms with Crippen molar-refractivity contribution in [1.29, 1.82) is 0 Å². The van der Waals surface area contributed by atoms with Gasteiger partial charge in [0.1, 0.15) is 12.1 Å². The zero-order valence-corrected chi connectivity index (χ0v) is 23.4. The number of ether oxygens (including phenoxy) is 2. The maximum Gasteiger partial charge on any atom is 0.225 e. The van der Waals surface area contributed by atoms with Crippen LogP contribution in [-0.4, -0.2) is 84.9 Å². The van der Waals surface area contributed by atoms with Crippen LogP contribution in [0.15, 0.2) is 61.2 Å². The van der Waals surface area contributed by atoms with Gasteiger partial charge in [0, 0.05) is 68.9 Å². The molecule has 6 rings (SSSR count).